The van der Waals surface area contributed by atoms with Crippen molar-refractivity contribution < 1.29 is 9.59 Å². The van der Waals surface area contributed by atoms with Gasteiger partial charge < -0.3 is 10.6 Å². The van der Waals surface area contributed by atoms with E-state index in [0.717, 1.165) is 21.6 Å². The molecular formula is C31H23Cl2N3O2S2. The van der Waals surface area contributed by atoms with Crippen LogP contribution in [0.3, 0.4) is 0 Å². The lowest BCUT2D eigenvalue weighted by Gasteiger charge is -2.17. The van der Waals surface area contributed by atoms with Crippen LogP contribution in [0.5, 0.6) is 0 Å². The number of carbonyl (C=O) groups is 2. The number of hydrogen-bond donors (Lipinski definition) is 2. The number of amides is 2. The molecule has 9 heteroatoms. The summed E-state index contributed by atoms with van der Waals surface area (Å²) in [4.78, 5) is 31.6. The Kier molecular flexibility index (Phi) is 9.19. The molecule has 0 saturated heterocycles. The van der Waals surface area contributed by atoms with Crippen LogP contribution in [-0.4, -0.2) is 16.8 Å². The van der Waals surface area contributed by atoms with Gasteiger partial charge in [0.15, 0.2) is 5.13 Å². The van der Waals surface area contributed by atoms with Gasteiger partial charge in [-0.3, -0.25) is 9.59 Å². The normalized spacial score (nSPS) is 11.6. The van der Waals surface area contributed by atoms with Crippen molar-refractivity contribution in [3.05, 3.63) is 130 Å². The van der Waals surface area contributed by atoms with Gasteiger partial charge in [0, 0.05) is 21.5 Å². The highest BCUT2D eigenvalue weighted by Crippen LogP contribution is 2.38. The Labute approximate surface area is 250 Å². The maximum atomic E-state index is 13.6. The van der Waals surface area contributed by atoms with Gasteiger partial charge in [-0.25, -0.2) is 4.98 Å². The third-order valence-electron chi connectivity index (χ3n) is 5.87. The van der Waals surface area contributed by atoms with E-state index in [4.69, 9.17) is 23.2 Å². The fraction of sp³-hybridized carbons (Fsp3) is 0.0645. The lowest BCUT2D eigenvalue weighted by Crippen LogP contribution is -2.19. The quantitative estimate of drug-likeness (QED) is 0.165. The molecular weight excluding hydrogens is 581 g/mol. The zero-order valence-electron chi connectivity index (χ0n) is 21.0. The number of nitrogens with zero attached hydrogens (tertiary/aromatic N) is 1. The molecule has 0 fully saturated rings. The summed E-state index contributed by atoms with van der Waals surface area (Å²) in [5.41, 5.74) is 3.97. The number of halogens is 2. The molecule has 0 bridgehead atoms. The highest BCUT2D eigenvalue weighted by Gasteiger charge is 2.23. The monoisotopic (exact) mass is 603 g/mol. The molecule has 1 heterocycles. The van der Waals surface area contributed by atoms with E-state index in [1.54, 1.807) is 12.1 Å². The maximum absolute atomic E-state index is 13.6. The Morgan fingerprint density at radius 3 is 2.33 bits per heavy atom. The van der Waals surface area contributed by atoms with Crippen molar-refractivity contribution in [3.8, 4) is 11.3 Å². The van der Waals surface area contributed by atoms with Crippen LogP contribution in [0.25, 0.3) is 11.3 Å². The molecule has 1 atom stereocenters. The molecule has 4 aromatic carbocycles. The van der Waals surface area contributed by atoms with Gasteiger partial charge in [0.1, 0.15) is 5.25 Å². The number of benzene rings is 4. The number of thiazole rings is 1. The fourth-order valence-corrected chi connectivity index (χ4v) is 6.06. The Balaban J connectivity index is 1.31. The molecule has 0 aliphatic carbocycles. The summed E-state index contributed by atoms with van der Waals surface area (Å²) < 4.78 is 0. The molecule has 0 spiro atoms. The first-order valence-electron chi connectivity index (χ1n) is 12.3. The number of nitrogens with one attached hydrogen (secondary N) is 2. The first-order chi connectivity index (χ1) is 19.4. The van der Waals surface area contributed by atoms with Crippen molar-refractivity contribution in [2.24, 2.45) is 0 Å². The Bertz CT molecular complexity index is 1630. The molecule has 0 aliphatic heterocycles. The van der Waals surface area contributed by atoms with Crippen LogP contribution in [0, 0.1) is 0 Å². The second-order valence-corrected chi connectivity index (χ2v) is 11.7. The highest BCUT2D eigenvalue weighted by atomic mass is 35.5. The van der Waals surface area contributed by atoms with Crippen molar-refractivity contribution in [3.63, 3.8) is 0 Å². The number of rotatable bonds is 9. The first-order valence-corrected chi connectivity index (χ1v) is 14.8. The van der Waals surface area contributed by atoms with E-state index in [-0.39, 0.29) is 18.2 Å². The van der Waals surface area contributed by atoms with Gasteiger partial charge in [-0.2, -0.15) is 0 Å². The molecule has 5 aromatic rings. The third-order valence-corrected chi connectivity index (χ3v) is 8.61. The number of hydrogen-bond acceptors (Lipinski definition) is 5. The van der Waals surface area contributed by atoms with Gasteiger partial charge in [-0.05, 0) is 41.5 Å². The molecule has 0 radical (unpaired) electrons. The summed E-state index contributed by atoms with van der Waals surface area (Å²) in [6.07, 6.45) is 0.283. The topological polar surface area (TPSA) is 71.1 Å². The van der Waals surface area contributed by atoms with Gasteiger partial charge in [0.25, 0.3) is 0 Å². The lowest BCUT2D eigenvalue weighted by molar-refractivity contribution is -0.116. The lowest BCUT2D eigenvalue weighted by atomic mass is 10.1. The largest absolute Gasteiger partial charge is 0.326 e. The van der Waals surface area contributed by atoms with E-state index in [1.807, 2.05) is 96.4 Å². The van der Waals surface area contributed by atoms with Crippen LogP contribution < -0.4 is 10.6 Å². The number of aromatic nitrogens is 1. The maximum Gasteiger partial charge on any atom is 0.244 e. The minimum absolute atomic E-state index is 0.104. The van der Waals surface area contributed by atoms with Gasteiger partial charge in [0.05, 0.1) is 22.2 Å². The van der Waals surface area contributed by atoms with E-state index in [9.17, 15) is 9.59 Å². The molecule has 1 aromatic heterocycles. The Morgan fingerprint density at radius 2 is 1.57 bits per heavy atom. The number of anilines is 2. The second-order valence-electron chi connectivity index (χ2n) is 8.80. The Hall–Kier alpha value is -3.62. The summed E-state index contributed by atoms with van der Waals surface area (Å²) in [7, 11) is 0. The molecule has 2 N–H and O–H groups in total. The van der Waals surface area contributed by atoms with Crippen LogP contribution >= 0.6 is 46.3 Å². The van der Waals surface area contributed by atoms with Gasteiger partial charge in [-0.15, -0.1) is 23.1 Å². The number of thioether (sulfide) groups is 1. The van der Waals surface area contributed by atoms with Crippen molar-refractivity contribution in [1.29, 1.82) is 0 Å². The van der Waals surface area contributed by atoms with E-state index in [0.29, 0.717) is 26.6 Å². The molecule has 40 heavy (non-hydrogen) atoms. The van der Waals surface area contributed by atoms with Gasteiger partial charge in [-0.1, -0.05) is 96.0 Å². The SMILES string of the molecule is O=C(Cc1ccccc1)Nc1cccc(SC(C(=O)Nc2nc(-c3ccc(Cl)c(Cl)c3)cs2)c2ccccc2)c1. The Morgan fingerprint density at radius 1 is 0.825 bits per heavy atom. The van der Waals surface area contributed by atoms with Crippen molar-refractivity contribution in [2.45, 2.75) is 16.6 Å². The average molecular weight is 605 g/mol. The van der Waals surface area contributed by atoms with Gasteiger partial charge in [0.2, 0.25) is 11.8 Å². The molecule has 200 valence electrons. The van der Waals surface area contributed by atoms with Crippen LogP contribution in [0.4, 0.5) is 10.8 Å². The summed E-state index contributed by atoms with van der Waals surface area (Å²) in [6.45, 7) is 0. The highest BCUT2D eigenvalue weighted by molar-refractivity contribution is 8.00. The van der Waals surface area contributed by atoms with Crippen LogP contribution in [0.2, 0.25) is 10.0 Å². The van der Waals surface area contributed by atoms with E-state index >= 15 is 0 Å². The summed E-state index contributed by atoms with van der Waals surface area (Å²) in [5, 5.41) is 8.64. The fourth-order valence-electron chi connectivity index (χ4n) is 3.96. The molecule has 2 amide bonds. The van der Waals surface area contributed by atoms with Crippen molar-refractivity contribution in [2.75, 3.05) is 10.6 Å². The minimum Gasteiger partial charge on any atom is -0.326 e. The predicted octanol–water partition coefficient (Wildman–Crippen LogP) is 8.77. The predicted molar refractivity (Wildman–Crippen MR) is 166 cm³/mol. The van der Waals surface area contributed by atoms with Crippen molar-refractivity contribution >= 4 is 68.9 Å². The molecule has 5 nitrogen and oxygen atoms in total. The van der Waals surface area contributed by atoms with E-state index < -0.39 is 5.25 Å². The summed E-state index contributed by atoms with van der Waals surface area (Å²) in [5.74, 6) is -0.308. The summed E-state index contributed by atoms with van der Waals surface area (Å²) in [6, 6.07) is 32.0. The van der Waals surface area contributed by atoms with Crippen LogP contribution in [0.1, 0.15) is 16.4 Å². The van der Waals surface area contributed by atoms with Crippen LogP contribution in [0.15, 0.2) is 113 Å². The standard InChI is InChI=1S/C31H23Cl2N3O2S2/c32-25-15-14-22(17-26(25)33)27-19-39-31(35-27)36-30(38)29(21-10-5-2-6-11-21)40-24-13-7-12-23(18-24)34-28(37)16-20-8-3-1-4-9-20/h1-15,17-19,29H,16H2,(H,34,37)(H,35,36,38). The minimum atomic E-state index is -0.547. The molecule has 0 aliphatic rings. The van der Waals surface area contributed by atoms with Crippen LogP contribution in [-0.2, 0) is 16.0 Å². The zero-order chi connectivity index (χ0) is 27.9. The third kappa shape index (κ3) is 7.31. The smallest absolute Gasteiger partial charge is 0.244 e. The second kappa shape index (κ2) is 13.2. The van der Waals surface area contributed by atoms with Crippen molar-refractivity contribution in [1.82, 2.24) is 4.98 Å². The average Bonchev–Trinajstić information content (AvgIpc) is 3.42. The first kappa shape index (κ1) is 27.9. The molecule has 1 unspecified atom stereocenters. The molecule has 5 rings (SSSR count). The van der Waals surface area contributed by atoms with E-state index in [1.165, 1.54) is 23.1 Å². The molecule has 0 saturated carbocycles. The van der Waals surface area contributed by atoms with E-state index in [2.05, 4.69) is 15.6 Å². The van der Waals surface area contributed by atoms with Gasteiger partial charge >= 0.3 is 0 Å². The zero-order valence-corrected chi connectivity index (χ0v) is 24.2. The number of carbonyl (C=O) groups excluding carboxylic acids is 2. The summed E-state index contributed by atoms with van der Waals surface area (Å²) >= 11 is 14.9.